The van der Waals surface area contributed by atoms with Crippen molar-refractivity contribution in [2.45, 2.75) is 69.4 Å². The lowest BCUT2D eigenvalue weighted by atomic mass is 9.64. The van der Waals surface area contributed by atoms with E-state index in [1.165, 1.54) is 18.6 Å². The summed E-state index contributed by atoms with van der Waals surface area (Å²) in [6.45, 7) is 0. The van der Waals surface area contributed by atoms with Gasteiger partial charge in [0, 0.05) is 47.6 Å². The maximum absolute atomic E-state index is 14.0. The van der Waals surface area contributed by atoms with Gasteiger partial charge in [-0.2, -0.15) is 4.98 Å². The molecule has 1 aliphatic heterocycles. The zero-order valence-corrected chi connectivity index (χ0v) is 19.5. The minimum atomic E-state index is -0.462. The van der Waals surface area contributed by atoms with Gasteiger partial charge < -0.3 is 0 Å². The number of benzene rings is 1. The summed E-state index contributed by atoms with van der Waals surface area (Å²) < 4.78 is 2.05. The maximum Gasteiger partial charge on any atom is 0.270 e. The smallest absolute Gasteiger partial charge is 0.270 e. The van der Waals surface area contributed by atoms with Crippen molar-refractivity contribution in [1.29, 1.82) is 0 Å². The standard InChI is InChI=1S/C26H28N6O3/c33-24(18-8-6-10-20(16-18)32(34)35)30-22-12-3-2-11-21(22)26(13-4-1-5-14-26)31-25(30)28-23(29-31)19-9-7-15-27-17-19/h6-10,15-17,21-22H,1-5,11-14H2. The van der Waals surface area contributed by atoms with Crippen molar-refractivity contribution in [3.63, 3.8) is 0 Å². The fourth-order valence-corrected chi connectivity index (χ4v) is 6.61. The first-order valence-corrected chi connectivity index (χ1v) is 12.5. The first kappa shape index (κ1) is 21.9. The van der Waals surface area contributed by atoms with Crippen LogP contribution < -0.4 is 4.90 Å². The number of hydrogen-bond donors (Lipinski definition) is 0. The van der Waals surface area contributed by atoms with Gasteiger partial charge in [-0.3, -0.25) is 24.8 Å². The van der Waals surface area contributed by atoms with E-state index in [1.807, 2.05) is 12.1 Å². The summed E-state index contributed by atoms with van der Waals surface area (Å²) >= 11 is 0. The van der Waals surface area contributed by atoms with Crippen molar-refractivity contribution in [2.24, 2.45) is 5.92 Å². The number of rotatable bonds is 3. The predicted octanol–water partition coefficient (Wildman–Crippen LogP) is 5.13. The Labute approximate surface area is 203 Å². The minimum absolute atomic E-state index is 0.00654. The monoisotopic (exact) mass is 472 g/mol. The van der Waals surface area contributed by atoms with E-state index in [2.05, 4.69) is 9.67 Å². The fourth-order valence-electron chi connectivity index (χ4n) is 6.61. The maximum atomic E-state index is 14.0. The van der Waals surface area contributed by atoms with E-state index in [0.717, 1.165) is 56.9 Å². The van der Waals surface area contributed by atoms with Crippen molar-refractivity contribution >= 4 is 17.5 Å². The summed E-state index contributed by atoms with van der Waals surface area (Å²) in [5.41, 5.74) is 0.881. The highest BCUT2D eigenvalue weighted by molar-refractivity contribution is 6.06. The lowest BCUT2D eigenvalue weighted by Crippen LogP contribution is -2.61. The fraction of sp³-hybridized carbons (Fsp3) is 0.462. The average molecular weight is 473 g/mol. The van der Waals surface area contributed by atoms with E-state index >= 15 is 0 Å². The summed E-state index contributed by atoms with van der Waals surface area (Å²) in [5.74, 6) is 1.16. The van der Waals surface area contributed by atoms with Crippen molar-refractivity contribution in [2.75, 3.05) is 4.90 Å². The highest BCUT2D eigenvalue weighted by Crippen LogP contribution is 2.53. The molecule has 2 aliphatic carbocycles. The van der Waals surface area contributed by atoms with E-state index in [0.29, 0.717) is 17.3 Å². The van der Waals surface area contributed by atoms with Gasteiger partial charge in [0.15, 0.2) is 5.82 Å². The molecule has 6 rings (SSSR count). The number of fused-ring (bicyclic) bond motifs is 4. The molecule has 3 heterocycles. The third-order valence-electron chi connectivity index (χ3n) is 8.14. The van der Waals surface area contributed by atoms with Gasteiger partial charge in [-0.1, -0.05) is 38.2 Å². The molecule has 2 atom stereocenters. The number of carbonyl (C=O) groups excluding carboxylic acids is 1. The van der Waals surface area contributed by atoms with Crippen LogP contribution >= 0.6 is 0 Å². The number of aromatic nitrogens is 4. The number of anilines is 1. The van der Waals surface area contributed by atoms with Gasteiger partial charge in [0.2, 0.25) is 5.95 Å². The van der Waals surface area contributed by atoms with Gasteiger partial charge in [0.05, 0.1) is 10.5 Å². The number of nitrogens with zero attached hydrogens (tertiary/aromatic N) is 6. The molecule has 0 saturated heterocycles. The number of carbonyl (C=O) groups is 1. The number of nitro groups is 1. The predicted molar refractivity (Wildman–Crippen MR) is 130 cm³/mol. The van der Waals surface area contributed by atoms with Crippen LogP contribution in [-0.2, 0) is 5.54 Å². The second-order valence-electron chi connectivity index (χ2n) is 9.99. The molecule has 2 saturated carbocycles. The molecule has 1 amide bonds. The van der Waals surface area contributed by atoms with Crippen LogP contribution in [0.15, 0.2) is 48.8 Å². The third-order valence-corrected chi connectivity index (χ3v) is 8.14. The number of amides is 1. The quantitative estimate of drug-likeness (QED) is 0.386. The number of nitro benzene ring substituents is 1. The van der Waals surface area contributed by atoms with E-state index in [9.17, 15) is 14.9 Å². The van der Waals surface area contributed by atoms with Crippen molar-refractivity contribution in [1.82, 2.24) is 19.7 Å². The summed E-state index contributed by atoms with van der Waals surface area (Å²) in [7, 11) is 0. The van der Waals surface area contributed by atoms with Crippen LogP contribution in [0.25, 0.3) is 11.4 Å². The lowest BCUT2D eigenvalue weighted by Gasteiger charge is -2.55. The zero-order valence-electron chi connectivity index (χ0n) is 19.5. The van der Waals surface area contributed by atoms with Gasteiger partial charge in [0.1, 0.15) is 0 Å². The highest BCUT2D eigenvalue weighted by atomic mass is 16.6. The molecule has 0 N–H and O–H groups in total. The van der Waals surface area contributed by atoms with E-state index in [4.69, 9.17) is 10.1 Å². The topological polar surface area (TPSA) is 107 Å². The van der Waals surface area contributed by atoms with Crippen LogP contribution in [0, 0.1) is 16.0 Å². The molecule has 3 aliphatic rings. The molecule has 35 heavy (non-hydrogen) atoms. The van der Waals surface area contributed by atoms with Crippen LogP contribution in [0.2, 0.25) is 0 Å². The van der Waals surface area contributed by atoms with Crippen LogP contribution in [0.1, 0.15) is 68.1 Å². The van der Waals surface area contributed by atoms with E-state index in [-0.39, 0.29) is 29.1 Å². The zero-order chi connectivity index (χ0) is 24.0. The summed E-state index contributed by atoms with van der Waals surface area (Å²) in [4.78, 5) is 35.9. The van der Waals surface area contributed by atoms with Crippen LogP contribution in [0.4, 0.5) is 11.6 Å². The summed E-state index contributed by atoms with van der Waals surface area (Å²) in [5, 5.41) is 16.4. The van der Waals surface area contributed by atoms with E-state index < -0.39 is 4.92 Å². The Bertz CT molecular complexity index is 1270. The Balaban J connectivity index is 1.53. The molecule has 1 aromatic carbocycles. The Morgan fingerprint density at radius 1 is 1.06 bits per heavy atom. The summed E-state index contributed by atoms with van der Waals surface area (Å²) in [6.07, 6.45) is 13.2. The van der Waals surface area contributed by atoms with Gasteiger partial charge in [0.25, 0.3) is 11.6 Å². The summed E-state index contributed by atoms with van der Waals surface area (Å²) in [6, 6.07) is 9.80. The second-order valence-corrected chi connectivity index (χ2v) is 9.99. The van der Waals surface area contributed by atoms with Crippen LogP contribution in [0.5, 0.6) is 0 Å². The number of non-ortho nitro benzene ring substituents is 1. The van der Waals surface area contributed by atoms with Gasteiger partial charge in [-0.05, 0) is 43.9 Å². The third kappa shape index (κ3) is 3.52. The van der Waals surface area contributed by atoms with Crippen molar-refractivity contribution in [3.8, 4) is 11.4 Å². The minimum Gasteiger partial charge on any atom is -0.273 e. The molecule has 2 fully saturated rings. The van der Waals surface area contributed by atoms with E-state index in [1.54, 1.807) is 29.4 Å². The van der Waals surface area contributed by atoms with Crippen LogP contribution in [0.3, 0.4) is 0 Å². The first-order chi connectivity index (χ1) is 17.1. The van der Waals surface area contributed by atoms with Gasteiger partial charge in [-0.25, -0.2) is 4.68 Å². The Morgan fingerprint density at radius 3 is 2.66 bits per heavy atom. The molecule has 0 radical (unpaired) electrons. The molecule has 1 spiro atoms. The molecule has 2 aromatic heterocycles. The molecule has 3 aromatic rings. The van der Waals surface area contributed by atoms with Crippen molar-refractivity contribution < 1.29 is 9.72 Å². The van der Waals surface area contributed by atoms with Gasteiger partial charge in [-0.15, -0.1) is 5.10 Å². The van der Waals surface area contributed by atoms with Crippen LogP contribution in [-0.4, -0.2) is 36.6 Å². The first-order valence-electron chi connectivity index (χ1n) is 12.5. The Morgan fingerprint density at radius 2 is 1.89 bits per heavy atom. The van der Waals surface area contributed by atoms with Crippen molar-refractivity contribution in [3.05, 3.63) is 64.5 Å². The molecular formula is C26H28N6O3. The largest absolute Gasteiger partial charge is 0.273 e. The molecule has 9 heteroatoms. The van der Waals surface area contributed by atoms with Gasteiger partial charge >= 0.3 is 0 Å². The molecule has 9 nitrogen and oxygen atoms in total. The molecule has 2 unspecified atom stereocenters. The Hall–Kier alpha value is -3.62. The molecule has 180 valence electrons. The normalized spacial score (nSPS) is 22.9. The number of pyridine rings is 1. The SMILES string of the molecule is O=C(c1cccc([N+](=O)[O-])c1)N1c2nc(-c3cccnc3)nn2C2(CCCCC2)C2CCCCC21. The second kappa shape index (κ2) is 8.55. The number of hydrogen-bond acceptors (Lipinski definition) is 6. The highest BCUT2D eigenvalue weighted by Gasteiger charge is 2.55. The molecular weight excluding hydrogens is 444 g/mol. The lowest BCUT2D eigenvalue weighted by molar-refractivity contribution is -0.384. The average Bonchev–Trinajstić information content (AvgIpc) is 3.36. The molecule has 0 bridgehead atoms. The Kier molecular flexibility index (Phi) is 5.35.